The van der Waals surface area contributed by atoms with Gasteiger partial charge in [-0.15, -0.1) is 0 Å². The van der Waals surface area contributed by atoms with Gasteiger partial charge < -0.3 is 14.4 Å². The van der Waals surface area contributed by atoms with E-state index >= 15 is 0 Å². The summed E-state index contributed by atoms with van der Waals surface area (Å²) < 4.78 is 31.2. The first-order chi connectivity index (χ1) is 14.5. The number of carboxylic acids is 1. The van der Waals surface area contributed by atoms with E-state index in [-0.39, 0.29) is 0 Å². The third-order valence-electron chi connectivity index (χ3n) is 5.05. The van der Waals surface area contributed by atoms with Crippen LogP contribution >= 0.6 is 11.3 Å². The lowest BCUT2D eigenvalue weighted by Gasteiger charge is -2.38. The van der Waals surface area contributed by atoms with Gasteiger partial charge in [0.05, 0.1) is 23.6 Å². The lowest BCUT2D eigenvalue weighted by Crippen LogP contribution is -2.33. The number of carboxylic acid groups (broad SMARTS) is 1. The number of pyridine rings is 1. The summed E-state index contributed by atoms with van der Waals surface area (Å²) in [5, 5.41) is 12.9. The van der Waals surface area contributed by atoms with E-state index in [0.29, 0.717) is 24.3 Å². The number of hydrogen-bond acceptors (Lipinski definition) is 6. The molecule has 0 bridgehead atoms. The fraction of sp³-hybridized carbons (Fsp3) is 0.238. The molecule has 0 aliphatic heterocycles. The molecule has 7 nitrogen and oxygen atoms in total. The van der Waals surface area contributed by atoms with E-state index in [1.54, 1.807) is 35.7 Å². The van der Waals surface area contributed by atoms with Crippen molar-refractivity contribution < 1.29 is 23.4 Å². The Labute approximate surface area is 180 Å². The monoisotopic (exact) mass is 443 g/mol. The van der Waals surface area contributed by atoms with E-state index in [4.69, 9.17) is 9.84 Å². The molecule has 0 amide bonds. The van der Waals surface area contributed by atoms with Gasteiger partial charge in [0.1, 0.15) is 5.75 Å². The number of nitrogens with zero attached hydrogens (tertiary/aromatic N) is 2. The molecule has 4 rings (SSSR count). The van der Waals surface area contributed by atoms with Crippen molar-refractivity contribution in [3.05, 3.63) is 64.5 Å². The summed E-state index contributed by atoms with van der Waals surface area (Å²) >= 11 is -0.935. The molecular weight excluding hydrogens is 424 g/mol. The minimum Gasteiger partial charge on any atom is -0.755 e. The highest BCUT2D eigenvalue weighted by Gasteiger charge is 2.29. The van der Waals surface area contributed by atoms with E-state index in [0.717, 1.165) is 28.8 Å². The second kappa shape index (κ2) is 8.95. The van der Waals surface area contributed by atoms with Gasteiger partial charge in [-0.1, -0.05) is 12.1 Å². The fourth-order valence-corrected chi connectivity index (χ4v) is 5.13. The first-order valence-electron chi connectivity index (χ1n) is 9.38. The first kappa shape index (κ1) is 20.5. The van der Waals surface area contributed by atoms with Gasteiger partial charge in [0.25, 0.3) is 0 Å². The van der Waals surface area contributed by atoms with Crippen LogP contribution in [-0.2, 0) is 22.5 Å². The maximum absolute atomic E-state index is 12.2. The molecule has 0 saturated carbocycles. The summed E-state index contributed by atoms with van der Waals surface area (Å²) in [6.45, 7) is -0.438. The molecule has 2 atom stereocenters. The predicted octanol–water partition coefficient (Wildman–Crippen LogP) is 3.95. The number of aromatic nitrogens is 1. The molecule has 2 aromatic heterocycles. The highest BCUT2D eigenvalue weighted by atomic mass is 32.2. The minimum atomic E-state index is -2.51. The summed E-state index contributed by atoms with van der Waals surface area (Å²) in [5.74, 6) is -0.568. The summed E-state index contributed by atoms with van der Waals surface area (Å²) in [6.07, 6.45) is 3.69. The molecule has 0 saturated heterocycles. The fourth-order valence-electron chi connectivity index (χ4n) is 3.78. The van der Waals surface area contributed by atoms with Crippen LogP contribution in [0.25, 0.3) is 11.3 Å². The van der Waals surface area contributed by atoms with Gasteiger partial charge in [-0.25, -0.2) is 4.79 Å². The van der Waals surface area contributed by atoms with Crippen LogP contribution in [-0.4, -0.2) is 31.4 Å². The standard InChI is InChI=1S/C21H20N2O5S2/c24-21(25)12-28-20-6-2-3-16-17(20)4-1-5-19(16)23(30(26)27)15-7-8-18(22-11-15)14-9-10-29-13-14/h2-3,6-11,13,19H,1,4-5,12H2,(H,24,25)(H,26,27)/p-1. The van der Waals surface area contributed by atoms with Crippen molar-refractivity contribution in [3.8, 4) is 17.0 Å². The van der Waals surface area contributed by atoms with Crippen LogP contribution in [0.4, 0.5) is 5.69 Å². The molecule has 0 fully saturated rings. The zero-order valence-electron chi connectivity index (χ0n) is 15.9. The maximum Gasteiger partial charge on any atom is 0.341 e. The average molecular weight is 444 g/mol. The van der Waals surface area contributed by atoms with Gasteiger partial charge in [0, 0.05) is 22.2 Å². The molecule has 9 heteroatoms. The zero-order chi connectivity index (χ0) is 21.1. The van der Waals surface area contributed by atoms with Crippen LogP contribution < -0.4 is 9.04 Å². The van der Waals surface area contributed by atoms with Crippen LogP contribution in [0, 0.1) is 0 Å². The molecule has 1 aromatic carbocycles. The Hall–Kier alpha value is -2.75. The third kappa shape index (κ3) is 4.23. The Kier molecular flexibility index (Phi) is 6.12. The normalized spacial score (nSPS) is 16.5. The average Bonchev–Trinajstić information content (AvgIpc) is 3.28. The number of carbonyl (C=O) groups is 1. The quantitative estimate of drug-likeness (QED) is 0.555. The maximum atomic E-state index is 12.2. The molecule has 1 aliphatic rings. The lowest BCUT2D eigenvalue weighted by atomic mass is 9.87. The van der Waals surface area contributed by atoms with E-state index in [9.17, 15) is 13.6 Å². The van der Waals surface area contributed by atoms with Gasteiger partial charge >= 0.3 is 5.97 Å². The van der Waals surface area contributed by atoms with Gasteiger partial charge in [-0.2, -0.15) is 11.3 Å². The number of hydrogen-bond donors (Lipinski definition) is 1. The van der Waals surface area contributed by atoms with Crippen molar-refractivity contribution in [1.29, 1.82) is 0 Å². The Morgan fingerprint density at radius 2 is 2.20 bits per heavy atom. The van der Waals surface area contributed by atoms with Crippen LogP contribution in [0.3, 0.4) is 0 Å². The largest absolute Gasteiger partial charge is 0.755 e. The van der Waals surface area contributed by atoms with Crippen molar-refractivity contribution in [3.63, 3.8) is 0 Å². The molecule has 0 radical (unpaired) electrons. The molecule has 1 aliphatic carbocycles. The van der Waals surface area contributed by atoms with Crippen molar-refractivity contribution >= 4 is 34.3 Å². The molecular formula is C21H19N2O5S2-. The van der Waals surface area contributed by atoms with Crippen molar-refractivity contribution in [2.45, 2.75) is 25.3 Å². The molecule has 3 aromatic rings. The summed E-state index contributed by atoms with van der Waals surface area (Å²) in [4.78, 5) is 15.3. The SMILES string of the molecule is O=C(O)COc1cccc2c1CCCC2N(c1ccc(-c2ccsc2)nc1)S(=O)[O-]. The zero-order valence-corrected chi connectivity index (χ0v) is 17.5. The van der Waals surface area contributed by atoms with Gasteiger partial charge in [-0.3, -0.25) is 13.5 Å². The van der Waals surface area contributed by atoms with Crippen LogP contribution in [0.15, 0.2) is 53.4 Å². The second-order valence-electron chi connectivity index (χ2n) is 6.87. The highest BCUT2D eigenvalue weighted by molar-refractivity contribution is 7.80. The van der Waals surface area contributed by atoms with Gasteiger partial charge in [0.15, 0.2) is 6.61 Å². The van der Waals surface area contributed by atoms with Crippen LogP contribution in [0.5, 0.6) is 5.75 Å². The Bertz CT molecular complexity index is 1050. The van der Waals surface area contributed by atoms with Crippen LogP contribution in [0.1, 0.15) is 30.0 Å². The number of fused-ring (bicyclic) bond motifs is 1. The van der Waals surface area contributed by atoms with E-state index in [1.165, 1.54) is 4.31 Å². The smallest absolute Gasteiger partial charge is 0.341 e. The predicted molar refractivity (Wildman–Crippen MR) is 114 cm³/mol. The first-order valence-corrected chi connectivity index (χ1v) is 11.4. The lowest BCUT2D eigenvalue weighted by molar-refractivity contribution is -0.139. The summed E-state index contributed by atoms with van der Waals surface area (Å²) in [5.41, 5.74) is 3.94. The second-order valence-corrected chi connectivity index (χ2v) is 8.48. The topological polar surface area (TPSA) is 103 Å². The molecule has 156 valence electrons. The third-order valence-corrected chi connectivity index (χ3v) is 6.52. The molecule has 2 heterocycles. The minimum absolute atomic E-state index is 0.408. The van der Waals surface area contributed by atoms with Crippen molar-refractivity contribution in [2.75, 3.05) is 10.9 Å². The summed E-state index contributed by atoms with van der Waals surface area (Å²) in [7, 11) is 0. The summed E-state index contributed by atoms with van der Waals surface area (Å²) in [6, 6.07) is 10.5. The number of aliphatic carboxylic acids is 1. The molecule has 30 heavy (non-hydrogen) atoms. The molecule has 1 N–H and O–H groups in total. The Morgan fingerprint density at radius 1 is 1.33 bits per heavy atom. The molecule has 0 spiro atoms. The van der Waals surface area contributed by atoms with Gasteiger partial charge in [0.2, 0.25) is 0 Å². The van der Waals surface area contributed by atoms with Gasteiger partial charge in [-0.05, 0) is 60.0 Å². The number of rotatable bonds is 7. The van der Waals surface area contributed by atoms with Crippen molar-refractivity contribution in [2.24, 2.45) is 0 Å². The van der Waals surface area contributed by atoms with Crippen LogP contribution in [0.2, 0.25) is 0 Å². The highest BCUT2D eigenvalue weighted by Crippen LogP contribution is 2.41. The Balaban J connectivity index is 1.67. The van der Waals surface area contributed by atoms with Crippen molar-refractivity contribution in [1.82, 2.24) is 4.98 Å². The van der Waals surface area contributed by atoms with E-state index < -0.39 is 29.9 Å². The molecule has 2 unspecified atom stereocenters. The number of benzene rings is 1. The van der Waals surface area contributed by atoms with E-state index in [1.807, 2.05) is 29.0 Å². The number of thiophene rings is 1. The Morgan fingerprint density at radius 3 is 2.87 bits per heavy atom. The number of ether oxygens (including phenoxy) is 1. The number of anilines is 1. The van der Waals surface area contributed by atoms with E-state index in [2.05, 4.69) is 4.98 Å².